The third kappa shape index (κ3) is 2.56. The van der Waals surface area contributed by atoms with Gasteiger partial charge >= 0.3 is 0 Å². The van der Waals surface area contributed by atoms with E-state index in [1.807, 2.05) is 0 Å². The third-order valence-electron chi connectivity index (χ3n) is 4.20. The number of nitrogens with one attached hydrogen (secondary N) is 1. The summed E-state index contributed by atoms with van der Waals surface area (Å²) in [5.41, 5.74) is 0.505. The number of carbonyl (C=O) groups is 1. The van der Waals surface area contributed by atoms with E-state index in [4.69, 9.17) is 0 Å². The minimum atomic E-state index is 0.156. The fourth-order valence-electron chi connectivity index (χ4n) is 2.98. The van der Waals surface area contributed by atoms with Gasteiger partial charge in [-0.2, -0.15) is 15.4 Å². The quantitative estimate of drug-likeness (QED) is 0.816. The van der Waals surface area contributed by atoms with Crippen LogP contribution in [0.2, 0.25) is 0 Å². The van der Waals surface area contributed by atoms with E-state index in [1.54, 1.807) is 6.20 Å². The van der Waals surface area contributed by atoms with Crippen molar-refractivity contribution in [2.24, 2.45) is 17.8 Å². The Hall–Kier alpha value is -1.19. The summed E-state index contributed by atoms with van der Waals surface area (Å²) < 4.78 is 0. The molecular weight excluding hydrogens is 214 g/mol. The van der Waals surface area contributed by atoms with Gasteiger partial charge in [0.05, 0.1) is 6.20 Å². The highest BCUT2D eigenvalue weighted by atomic mass is 16.1. The predicted molar refractivity (Wildman–Crippen MR) is 65.6 cm³/mol. The lowest BCUT2D eigenvalue weighted by atomic mass is 9.70. The molecule has 1 aliphatic carbocycles. The lowest BCUT2D eigenvalue weighted by molar-refractivity contribution is 0.0757. The lowest BCUT2D eigenvalue weighted by Crippen LogP contribution is -2.31. The van der Waals surface area contributed by atoms with Gasteiger partial charge in [0.1, 0.15) is 5.69 Å². The fraction of sp³-hybridized carbons (Fsp3) is 0.769. The molecule has 0 bridgehead atoms. The molecule has 17 heavy (non-hydrogen) atoms. The summed E-state index contributed by atoms with van der Waals surface area (Å²) in [6.45, 7) is 4.47. The average Bonchev–Trinajstić information content (AvgIpc) is 2.91. The highest BCUT2D eigenvalue weighted by molar-refractivity contribution is 5.96. The molecule has 1 saturated carbocycles. The number of carbonyl (C=O) groups excluding carboxylic acids is 1. The minimum Gasteiger partial charge on any atom is -0.292 e. The largest absolute Gasteiger partial charge is 0.292 e. The second kappa shape index (κ2) is 5.43. The van der Waals surface area contributed by atoms with Crippen LogP contribution < -0.4 is 0 Å². The normalized spacial score (nSPS) is 26.7. The molecule has 94 valence electrons. The molecule has 1 N–H and O–H groups in total. The summed E-state index contributed by atoms with van der Waals surface area (Å²) in [6.07, 6.45) is 7.32. The molecule has 0 saturated heterocycles. The van der Waals surface area contributed by atoms with Crippen LogP contribution >= 0.6 is 0 Å². The molecule has 4 heteroatoms. The van der Waals surface area contributed by atoms with Crippen molar-refractivity contribution in [3.05, 3.63) is 11.9 Å². The Morgan fingerprint density at radius 2 is 2.29 bits per heavy atom. The van der Waals surface area contributed by atoms with Gasteiger partial charge in [-0.25, -0.2) is 0 Å². The molecule has 0 radical (unpaired) electrons. The van der Waals surface area contributed by atoms with Crippen molar-refractivity contribution in [2.45, 2.75) is 46.0 Å². The SMILES string of the molecule is CCC(C)C1CCCCC1C(=O)c1cn[nH]n1. The van der Waals surface area contributed by atoms with E-state index in [9.17, 15) is 4.79 Å². The second-order valence-electron chi connectivity index (χ2n) is 5.16. The molecule has 0 amide bonds. The van der Waals surface area contributed by atoms with Gasteiger partial charge in [-0.15, -0.1) is 0 Å². The topological polar surface area (TPSA) is 58.6 Å². The van der Waals surface area contributed by atoms with Gasteiger partial charge in [0, 0.05) is 5.92 Å². The zero-order valence-electron chi connectivity index (χ0n) is 10.6. The molecule has 4 nitrogen and oxygen atoms in total. The summed E-state index contributed by atoms with van der Waals surface area (Å²) in [4.78, 5) is 12.4. The molecule has 1 aliphatic rings. The Morgan fingerprint density at radius 3 is 2.94 bits per heavy atom. The zero-order valence-corrected chi connectivity index (χ0v) is 10.6. The number of ketones is 1. The minimum absolute atomic E-state index is 0.156. The van der Waals surface area contributed by atoms with Crippen LogP contribution in [-0.4, -0.2) is 21.2 Å². The molecule has 0 aromatic carbocycles. The monoisotopic (exact) mass is 235 g/mol. The number of aromatic amines is 1. The van der Waals surface area contributed by atoms with Crippen molar-refractivity contribution in [1.29, 1.82) is 0 Å². The standard InChI is InChI=1S/C13H21N3O/c1-3-9(2)10-6-4-5-7-11(10)13(17)12-8-14-16-15-12/h8-11H,3-7H2,1-2H3,(H,14,15,16). The Morgan fingerprint density at radius 1 is 1.53 bits per heavy atom. The maximum atomic E-state index is 12.4. The van der Waals surface area contributed by atoms with Crippen LogP contribution in [0.4, 0.5) is 0 Å². The summed E-state index contributed by atoms with van der Waals surface area (Å²) in [6, 6.07) is 0. The molecule has 1 fully saturated rings. The van der Waals surface area contributed by atoms with Crippen LogP contribution in [0.1, 0.15) is 56.4 Å². The van der Waals surface area contributed by atoms with Crippen LogP contribution in [-0.2, 0) is 0 Å². The van der Waals surface area contributed by atoms with E-state index >= 15 is 0 Å². The Balaban J connectivity index is 2.13. The van der Waals surface area contributed by atoms with E-state index in [1.165, 1.54) is 19.3 Å². The Bertz CT molecular complexity index is 361. The Labute approximate surface area is 102 Å². The van der Waals surface area contributed by atoms with Crippen molar-refractivity contribution in [2.75, 3.05) is 0 Å². The molecule has 3 atom stereocenters. The first-order valence-corrected chi connectivity index (χ1v) is 6.64. The van der Waals surface area contributed by atoms with Gasteiger partial charge in [-0.1, -0.05) is 33.1 Å². The summed E-state index contributed by atoms with van der Waals surface area (Å²) >= 11 is 0. The van der Waals surface area contributed by atoms with Crippen LogP contribution in [0.5, 0.6) is 0 Å². The number of rotatable bonds is 4. The molecule has 1 aromatic heterocycles. The number of aromatic nitrogens is 3. The van der Waals surface area contributed by atoms with Crippen molar-refractivity contribution in [1.82, 2.24) is 15.4 Å². The molecule has 2 rings (SSSR count). The van der Waals surface area contributed by atoms with Gasteiger partial charge < -0.3 is 0 Å². The van der Waals surface area contributed by atoms with Crippen molar-refractivity contribution < 1.29 is 4.79 Å². The van der Waals surface area contributed by atoms with Gasteiger partial charge in [0.15, 0.2) is 5.78 Å². The number of nitrogens with zero attached hydrogens (tertiary/aromatic N) is 2. The molecule has 3 unspecified atom stereocenters. The lowest BCUT2D eigenvalue weighted by Gasteiger charge is -2.34. The number of Topliss-reactive ketones (excluding diaryl/α,β-unsaturated/α-hetero) is 1. The Kier molecular flexibility index (Phi) is 3.92. The average molecular weight is 235 g/mol. The van der Waals surface area contributed by atoms with Crippen LogP contribution in [0.3, 0.4) is 0 Å². The van der Waals surface area contributed by atoms with Gasteiger partial charge in [0.25, 0.3) is 0 Å². The fourth-order valence-corrected chi connectivity index (χ4v) is 2.98. The second-order valence-corrected chi connectivity index (χ2v) is 5.16. The van der Waals surface area contributed by atoms with Crippen molar-refractivity contribution in [3.8, 4) is 0 Å². The van der Waals surface area contributed by atoms with Gasteiger partial charge in [-0.3, -0.25) is 4.79 Å². The molecule has 1 heterocycles. The van der Waals surface area contributed by atoms with E-state index in [0.717, 1.165) is 12.8 Å². The summed E-state index contributed by atoms with van der Waals surface area (Å²) in [5.74, 6) is 1.49. The van der Waals surface area contributed by atoms with Crippen molar-refractivity contribution >= 4 is 5.78 Å². The first-order valence-electron chi connectivity index (χ1n) is 6.64. The number of hydrogen-bond acceptors (Lipinski definition) is 3. The molecular formula is C13H21N3O. The van der Waals surface area contributed by atoms with E-state index in [0.29, 0.717) is 17.5 Å². The van der Waals surface area contributed by atoms with Crippen LogP contribution in [0, 0.1) is 17.8 Å². The summed E-state index contributed by atoms with van der Waals surface area (Å²) in [5, 5.41) is 10.2. The number of H-pyrrole nitrogens is 1. The van der Waals surface area contributed by atoms with Crippen molar-refractivity contribution in [3.63, 3.8) is 0 Å². The molecule has 1 aromatic rings. The smallest absolute Gasteiger partial charge is 0.188 e. The predicted octanol–water partition coefficient (Wildman–Crippen LogP) is 2.84. The first kappa shape index (κ1) is 12.3. The zero-order chi connectivity index (χ0) is 12.3. The van der Waals surface area contributed by atoms with E-state index < -0.39 is 0 Å². The van der Waals surface area contributed by atoms with Gasteiger partial charge in [0.2, 0.25) is 0 Å². The first-order chi connectivity index (χ1) is 8.24. The van der Waals surface area contributed by atoms with E-state index in [-0.39, 0.29) is 11.7 Å². The molecule has 0 spiro atoms. The van der Waals surface area contributed by atoms with E-state index in [2.05, 4.69) is 29.3 Å². The highest BCUT2D eigenvalue weighted by Gasteiger charge is 2.34. The summed E-state index contributed by atoms with van der Waals surface area (Å²) in [7, 11) is 0. The van der Waals surface area contributed by atoms with Crippen LogP contribution in [0.25, 0.3) is 0 Å². The highest BCUT2D eigenvalue weighted by Crippen LogP contribution is 2.37. The van der Waals surface area contributed by atoms with Gasteiger partial charge in [-0.05, 0) is 24.7 Å². The van der Waals surface area contributed by atoms with Crippen LogP contribution in [0.15, 0.2) is 6.20 Å². The maximum Gasteiger partial charge on any atom is 0.188 e. The maximum absolute atomic E-state index is 12.4. The molecule has 0 aliphatic heterocycles. The number of hydrogen-bond donors (Lipinski definition) is 1. The third-order valence-corrected chi connectivity index (χ3v) is 4.20.